The van der Waals surface area contributed by atoms with Gasteiger partial charge in [0, 0.05) is 17.8 Å². The number of hydrogen-bond acceptors (Lipinski definition) is 4. The van der Waals surface area contributed by atoms with Crippen molar-refractivity contribution in [2.24, 2.45) is 5.41 Å². The number of carboxylic acid groups (broad SMARTS) is 1. The van der Waals surface area contributed by atoms with Crippen LogP contribution in [-0.2, 0) is 17.6 Å². The van der Waals surface area contributed by atoms with E-state index in [0.29, 0.717) is 6.54 Å². The Labute approximate surface area is 118 Å². The normalized spacial score (nSPS) is 20.4. The maximum Gasteiger partial charge on any atom is 0.311 e. The summed E-state index contributed by atoms with van der Waals surface area (Å²) in [5.74, 6) is 0.175. The van der Waals surface area contributed by atoms with E-state index in [9.17, 15) is 9.90 Å². The second-order valence-corrected chi connectivity index (χ2v) is 6.00. The molecule has 0 radical (unpaired) electrons. The number of carboxylic acids is 1. The van der Waals surface area contributed by atoms with Gasteiger partial charge in [-0.1, -0.05) is 19.3 Å². The fourth-order valence-electron chi connectivity index (χ4n) is 3.46. The number of nitrogens with zero attached hydrogens (tertiary/aromatic N) is 2. The van der Waals surface area contributed by atoms with Crippen molar-refractivity contribution >= 4 is 11.8 Å². The molecule has 5 nitrogen and oxygen atoms in total. The topological polar surface area (TPSA) is 75.1 Å². The van der Waals surface area contributed by atoms with E-state index in [4.69, 9.17) is 0 Å². The van der Waals surface area contributed by atoms with Crippen LogP contribution in [0.3, 0.4) is 0 Å². The Morgan fingerprint density at radius 3 is 2.75 bits per heavy atom. The minimum Gasteiger partial charge on any atom is -0.481 e. The van der Waals surface area contributed by atoms with E-state index in [-0.39, 0.29) is 0 Å². The number of rotatable bonds is 4. The summed E-state index contributed by atoms with van der Waals surface area (Å²) in [7, 11) is 0. The summed E-state index contributed by atoms with van der Waals surface area (Å²) < 4.78 is 0. The largest absolute Gasteiger partial charge is 0.481 e. The summed E-state index contributed by atoms with van der Waals surface area (Å²) in [5.41, 5.74) is 1.69. The molecule has 1 saturated carbocycles. The highest BCUT2D eigenvalue weighted by atomic mass is 16.4. The second-order valence-electron chi connectivity index (χ2n) is 6.00. The van der Waals surface area contributed by atoms with E-state index in [0.717, 1.165) is 62.9 Å². The lowest BCUT2D eigenvalue weighted by Crippen LogP contribution is -2.40. The maximum absolute atomic E-state index is 11.7. The van der Waals surface area contributed by atoms with Crippen LogP contribution in [0.2, 0.25) is 0 Å². The Kier molecular flexibility index (Phi) is 3.59. The summed E-state index contributed by atoms with van der Waals surface area (Å²) in [6, 6.07) is 0. The SMILES string of the molecule is O=C(O)C1(CNc2ncnc3c2CCC3)CCCCC1. The van der Waals surface area contributed by atoms with Crippen LogP contribution in [0.25, 0.3) is 0 Å². The molecule has 1 fully saturated rings. The van der Waals surface area contributed by atoms with E-state index in [1.807, 2.05) is 0 Å². The van der Waals surface area contributed by atoms with Gasteiger partial charge in [0.1, 0.15) is 12.1 Å². The first-order chi connectivity index (χ1) is 9.71. The molecule has 108 valence electrons. The standard InChI is InChI=1S/C15H21N3O2/c19-14(20)15(7-2-1-3-8-15)9-16-13-11-5-4-6-12(11)17-10-18-13/h10H,1-9H2,(H,19,20)(H,16,17,18). The molecular formula is C15H21N3O2. The van der Waals surface area contributed by atoms with Gasteiger partial charge in [0.25, 0.3) is 0 Å². The zero-order valence-corrected chi connectivity index (χ0v) is 11.7. The summed E-state index contributed by atoms with van der Waals surface area (Å²) in [6.45, 7) is 0.478. The van der Waals surface area contributed by atoms with Crippen LogP contribution in [0.1, 0.15) is 49.8 Å². The molecule has 0 aromatic carbocycles. The van der Waals surface area contributed by atoms with Crippen LogP contribution < -0.4 is 5.32 Å². The van der Waals surface area contributed by atoms with Gasteiger partial charge in [0.15, 0.2) is 0 Å². The van der Waals surface area contributed by atoms with Crippen molar-refractivity contribution in [2.75, 3.05) is 11.9 Å². The van der Waals surface area contributed by atoms with Crippen LogP contribution >= 0.6 is 0 Å². The number of aromatic nitrogens is 2. The van der Waals surface area contributed by atoms with Gasteiger partial charge in [-0.05, 0) is 32.1 Å². The number of fused-ring (bicyclic) bond motifs is 1. The van der Waals surface area contributed by atoms with Gasteiger partial charge in [-0.2, -0.15) is 0 Å². The van der Waals surface area contributed by atoms with Crippen molar-refractivity contribution in [1.82, 2.24) is 9.97 Å². The molecule has 1 aromatic rings. The Balaban J connectivity index is 1.75. The Bertz CT molecular complexity index is 510. The predicted molar refractivity (Wildman–Crippen MR) is 75.7 cm³/mol. The zero-order chi connectivity index (χ0) is 14.0. The van der Waals surface area contributed by atoms with Gasteiger partial charge in [0.05, 0.1) is 5.41 Å². The van der Waals surface area contributed by atoms with Crippen LogP contribution in [0.15, 0.2) is 6.33 Å². The molecule has 0 spiro atoms. The minimum absolute atomic E-state index is 0.478. The summed E-state index contributed by atoms with van der Waals surface area (Å²) in [6.07, 6.45) is 9.41. The highest BCUT2D eigenvalue weighted by molar-refractivity contribution is 5.75. The second kappa shape index (κ2) is 5.38. The van der Waals surface area contributed by atoms with E-state index < -0.39 is 11.4 Å². The summed E-state index contributed by atoms with van der Waals surface area (Å²) in [4.78, 5) is 20.3. The highest BCUT2D eigenvalue weighted by Gasteiger charge is 2.39. The van der Waals surface area contributed by atoms with Gasteiger partial charge in [-0.15, -0.1) is 0 Å². The molecule has 2 aliphatic carbocycles. The van der Waals surface area contributed by atoms with Crippen molar-refractivity contribution in [2.45, 2.75) is 51.4 Å². The van der Waals surface area contributed by atoms with Crippen molar-refractivity contribution in [3.05, 3.63) is 17.6 Å². The van der Waals surface area contributed by atoms with Gasteiger partial charge in [-0.25, -0.2) is 9.97 Å². The zero-order valence-electron chi connectivity index (χ0n) is 11.7. The van der Waals surface area contributed by atoms with Crippen molar-refractivity contribution < 1.29 is 9.90 Å². The fraction of sp³-hybridized carbons (Fsp3) is 0.667. The Hall–Kier alpha value is -1.65. The number of anilines is 1. The van der Waals surface area contributed by atoms with Crippen LogP contribution in [-0.4, -0.2) is 27.6 Å². The average Bonchev–Trinajstić information content (AvgIpc) is 2.95. The average molecular weight is 275 g/mol. The maximum atomic E-state index is 11.7. The molecule has 0 unspecified atom stereocenters. The molecule has 0 atom stereocenters. The molecule has 1 aromatic heterocycles. The smallest absolute Gasteiger partial charge is 0.311 e. The lowest BCUT2D eigenvalue weighted by molar-refractivity contribution is -0.150. The molecule has 5 heteroatoms. The lowest BCUT2D eigenvalue weighted by atomic mass is 9.74. The third-order valence-corrected chi connectivity index (χ3v) is 4.73. The first-order valence-electron chi connectivity index (χ1n) is 7.51. The van der Waals surface area contributed by atoms with Gasteiger partial charge >= 0.3 is 5.97 Å². The molecule has 20 heavy (non-hydrogen) atoms. The Morgan fingerprint density at radius 1 is 1.20 bits per heavy atom. The van der Waals surface area contributed by atoms with E-state index in [1.54, 1.807) is 6.33 Å². The fourth-order valence-corrected chi connectivity index (χ4v) is 3.46. The lowest BCUT2D eigenvalue weighted by Gasteiger charge is -2.33. The van der Waals surface area contributed by atoms with Crippen LogP contribution in [0.5, 0.6) is 0 Å². The van der Waals surface area contributed by atoms with E-state index in [1.165, 1.54) is 5.56 Å². The quantitative estimate of drug-likeness (QED) is 0.882. The van der Waals surface area contributed by atoms with Gasteiger partial charge in [0.2, 0.25) is 0 Å². The van der Waals surface area contributed by atoms with Crippen LogP contribution in [0.4, 0.5) is 5.82 Å². The molecule has 0 saturated heterocycles. The molecule has 2 N–H and O–H groups in total. The van der Waals surface area contributed by atoms with Gasteiger partial charge < -0.3 is 10.4 Å². The molecular weight excluding hydrogens is 254 g/mol. The third kappa shape index (κ3) is 2.37. The molecule has 3 rings (SSSR count). The molecule has 0 bridgehead atoms. The van der Waals surface area contributed by atoms with Crippen molar-refractivity contribution in [3.8, 4) is 0 Å². The first kappa shape index (κ1) is 13.3. The third-order valence-electron chi connectivity index (χ3n) is 4.73. The molecule has 0 aliphatic heterocycles. The highest BCUT2D eigenvalue weighted by Crippen LogP contribution is 2.37. The number of hydrogen-bond donors (Lipinski definition) is 2. The van der Waals surface area contributed by atoms with Crippen LogP contribution in [0, 0.1) is 5.41 Å². The predicted octanol–water partition coefficient (Wildman–Crippen LogP) is 2.41. The Morgan fingerprint density at radius 2 is 2.00 bits per heavy atom. The van der Waals surface area contributed by atoms with Crippen molar-refractivity contribution in [1.29, 1.82) is 0 Å². The first-order valence-corrected chi connectivity index (χ1v) is 7.51. The summed E-state index contributed by atoms with van der Waals surface area (Å²) in [5, 5.41) is 12.9. The van der Waals surface area contributed by atoms with E-state index in [2.05, 4.69) is 15.3 Å². The summed E-state index contributed by atoms with van der Waals surface area (Å²) >= 11 is 0. The minimum atomic E-state index is -0.671. The van der Waals surface area contributed by atoms with E-state index >= 15 is 0 Å². The monoisotopic (exact) mass is 275 g/mol. The van der Waals surface area contributed by atoms with Gasteiger partial charge in [-0.3, -0.25) is 4.79 Å². The number of nitrogens with one attached hydrogen (secondary N) is 1. The van der Waals surface area contributed by atoms with Crippen molar-refractivity contribution in [3.63, 3.8) is 0 Å². The number of aliphatic carboxylic acids is 1. The number of aryl methyl sites for hydroxylation is 1. The molecule has 1 heterocycles. The number of carbonyl (C=O) groups is 1. The molecule has 2 aliphatic rings. The molecule has 0 amide bonds.